The van der Waals surface area contributed by atoms with Gasteiger partial charge in [0.15, 0.2) is 0 Å². The van der Waals surface area contributed by atoms with Crippen LogP contribution in [0.25, 0.3) is 0 Å². The molecule has 6 nitrogen and oxygen atoms in total. The molecule has 32 heavy (non-hydrogen) atoms. The van der Waals surface area contributed by atoms with Gasteiger partial charge in [-0.3, -0.25) is 4.79 Å². The van der Waals surface area contributed by atoms with Crippen LogP contribution < -0.4 is 0 Å². The van der Waals surface area contributed by atoms with E-state index in [1.165, 1.54) is 57.4 Å². The molecular formula is C26H40O6. The second-order valence-electron chi connectivity index (χ2n) is 7.93. The van der Waals surface area contributed by atoms with E-state index in [0.29, 0.717) is 6.61 Å². The largest absolute Gasteiger partial charge is 0.462 e. The molecule has 0 atom stereocenters. The summed E-state index contributed by atoms with van der Waals surface area (Å²) in [5.41, 5.74) is 0.337. The predicted octanol–water partition coefficient (Wildman–Crippen LogP) is 6.26. The van der Waals surface area contributed by atoms with Crippen molar-refractivity contribution in [3.63, 3.8) is 0 Å². The maximum absolute atomic E-state index is 12.4. The van der Waals surface area contributed by atoms with E-state index in [1.54, 1.807) is 25.1 Å². The lowest BCUT2D eigenvalue weighted by Gasteiger charge is -2.10. The van der Waals surface area contributed by atoms with E-state index in [4.69, 9.17) is 14.2 Å². The maximum atomic E-state index is 12.4. The minimum atomic E-state index is -0.639. The van der Waals surface area contributed by atoms with Crippen molar-refractivity contribution in [2.75, 3.05) is 19.8 Å². The first kappa shape index (κ1) is 27.7. The molecule has 0 bridgehead atoms. The Morgan fingerprint density at radius 3 is 1.53 bits per heavy atom. The Morgan fingerprint density at radius 1 is 0.594 bits per heavy atom. The van der Waals surface area contributed by atoms with E-state index in [1.807, 2.05) is 0 Å². The molecule has 1 rings (SSSR count). The third-order valence-electron chi connectivity index (χ3n) is 5.22. The fourth-order valence-corrected chi connectivity index (χ4v) is 3.32. The highest BCUT2D eigenvalue weighted by Gasteiger charge is 2.19. The average Bonchev–Trinajstić information content (AvgIpc) is 2.82. The van der Waals surface area contributed by atoms with Gasteiger partial charge in [-0.2, -0.15) is 0 Å². The molecule has 0 aliphatic rings. The number of rotatable bonds is 18. The summed E-state index contributed by atoms with van der Waals surface area (Å²) in [5.74, 6) is -1.52. The molecule has 0 saturated carbocycles. The van der Waals surface area contributed by atoms with E-state index in [9.17, 15) is 14.4 Å². The van der Waals surface area contributed by atoms with Gasteiger partial charge in [-0.1, -0.05) is 90.2 Å². The van der Waals surface area contributed by atoms with Crippen molar-refractivity contribution in [3.8, 4) is 0 Å². The molecule has 0 aliphatic heterocycles. The number of hydrogen-bond acceptors (Lipinski definition) is 6. The van der Waals surface area contributed by atoms with Gasteiger partial charge in [0.25, 0.3) is 0 Å². The predicted molar refractivity (Wildman–Crippen MR) is 125 cm³/mol. The fourth-order valence-electron chi connectivity index (χ4n) is 3.32. The summed E-state index contributed by atoms with van der Waals surface area (Å²) in [6.45, 7) is 4.19. The zero-order valence-electron chi connectivity index (χ0n) is 19.9. The lowest BCUT2D eigenvalue weighted by atomic mass is 10.1. The van der Waals surface area contributed by atoms with Crippen LogP contribution in [-0.2, 0) is 19.0 Å². The highest BCUT2D eigenvalue weighted by Crippen LogP contribution is 2.14. The number of hydrogen-bond donors (Lipinski definition) is 0. The maximum Gasteiger partial charge on any atom is 0.339 e. The van der Waals surface area contributed by atoms with E-state index < -0.39 is 11.9 Å². The number of carbonyl (C=O) groups excluding carboxylic acids is 3. The number of benzene rings is 1. The summed E-state index contributed by atoms with van der Waals surface area (Å²) in [7, 11) is 0. The Morgan fingerprint density at radius 2 is 1.03 bits per heavy atom. The van der Waals surface area contributed by atoms with Crippen LogP contribution in [0.4, 0.5) is 0 Å². The summed E-state index contributed by atoms with van der Waals surface area (Å²) in [6.07, 6.45) is 13.8. The van der Waals surface area contributed by atoms with Crippen LogP contribution in [0.3, 0.4) is 0 Å². The quantitative estimate of drug-likeness (QED) is 0.150. The molecule has 0 heterocycles. The van der Waals surface area contributed by atoms with Gasteiger partial charge in [-0.15, -0.1) is 0 Å². The average molecular weight is 449 g/mol. The van der Waals surface area contributed by atoms with Gasteiger partial charge in [0, 0.05) is 6.42 Å². The van der Waals surface area contributed by atoms with Crippen LogP contribution in [0.1, 0.15) is 112 Å². The summed E-state index contributed by atoms with van der Waals surface area (Å²) < 4.78 is 15.3. The summed E-state index contributed by atoms with van der Waals surface area (Å²) >= 11 is 0. The van der Waals surface area contributed by atoms with Gasteiger partial charge in [-0.25, -0.2) is 9.59 Å². The van der Waals surface area contributed by atoms with E-state index in [0.717, 1.165) is 19.3 Å². The lowest BCUT2D eigenvalue weighted by Crippen LogP contribution is -2.17. The minimum Gasteiger partial charge on any atom is -0.462 e. The molecule has 0 aliphatic carbocycles. The summed E-state index contributed by atoms with van der Waals surface area (Å²) in [6, 6.07) is 6.42. The molecular weight excluding hydrogens is 408 g/mol. The first-order chi connectivity index (χ1) is 15.6. The second-order valence-corrected chi connectivity index (χ2v) is 7.93. The Hall–Kier alpha value is -2.37. The molecule has 1 aromatic carbocycles. The van der Waals surface area contributed by atoms with E-state index in [-0.39, 0.29) is 36.7 Å². The van der Waals surface area contributed by atoms with E-state index >= 15 is 0 Å². The molecule has 6 heteroatoms. The third-order valence-corrected chi connectivity index (χ3v) is 5.22. The standard InChI is InChI=1S/C26H40O6/c1-3-5-6-7-8-9-10-11-12-13-16-19-31-25(28)22-17-14-15-18-23(22)26(29)32-21-20-30-24(27)4-2/h14-15,17-18H,3-13,16,19-21H2,1-2H3. The molecule has 0 spiro atoms. The molecule has 1 aromatic rings. The SMILES string of the molecule is CCCCCCCCCCCCCOC(=O)c1ccccc1C(=O)OCCOC(=O)CC. The molecule has 0 amide bonds. The Bertz CT molecular complexity index is 670. The fraction of sp³-hybridized carbons (Fsp3) is 0.654. The van der Waals surface area contributed by atoms with Crippen molar-refractivity contribution in [3.05, 3.63) is 35.4 Å². The van der Waals surface area contributed by atoms with Gasteiger partial charge >= 0.3 is 17.9 Å². The van der Waals surface area contributed by atoms with Crippen LogP contribution in [0.15, 0.2) is 24.3 Å². The topological polar surface area (TPSA) is 78.9 Å². The molecule has 180 valence electrons. The second kappa shape index (κ2) is 18.2. The molecule has 0 fully saturated rings. The lowest BCUT2D eigenvalue weighted by molar-refractivity contribution is -0.144. The third kappa shape index (κ3) is 12.5. The molecule has 0 unspecified atom stereocenters. The minimum absolute atomic E-state index is 0.0100. The van der Waals surface area contributed by atoms with Crippen molar-refractivity contribution in [2.45, 2.75) is 90.9 Å². The highest BCUT2D eigenvalue weighted by molar-refractivity contribution is 6.03. The van der Waals surface area contributed by atoms with Gasteiger partial charge in [0.1, 0.15) is 13.2 Å². The number of unbranched alkanes of at least 4 members (excludes halogenated alkanes) is 10. The first-order valence-corrected chi connectivity index (χ1v) is 12.2. The monoisotopic (exact) mass is 448 g/mol. The van der Waals surface area contributed by atoms with Crippen LogP contribution in [0.5, 0.6) is 0 Å². The van der Waals surface area contributed by atoms with Gasteiger partial charge in [0.2, 0.25) is 0 Å². The van der Waals surface area contributed by atoms with Crippen LogP contribution in [-0.4, -0.2) is 37.7 Å². The highest BCUT2D eigenvalue weighted by atomic mass is 16.6. The van der Waals surface area contributed by atoms with Crippen molar-refractivity contribution in [1.29, 1.82) is 0 Å². The number of ether oxygens (including phenoxy) is 3. The zero-order chi connectivity index (χ0) is 23.4. The Balaban J connectivity index is 2.22. The van der Waals surface area contributed by atoms with Gasteiger partial charge in [0.05, 0.1) is 17.7 Å². The van der Waals surface area contributed by atoms with Gasteiger partial charge in [-0.05, 0) is 18.6 Å². The molecule has 0 N–H and O–H groups in total. The van der Waals surface area contributed by atoms with Crippen molar-refractivity contribution in [2.24, 2.45) is 0 Å². The normalized spacial score (nSPS) is 10.6. The number of carbonyl (C=O) groups is 3. The molecule has 0 saturated heterocycles. The van der Waals surface area contributed by atoms with E-state index in [2.05, 4.69) is 6.92 Å². The Kier molecular flexibility index (Phi) is 15.8. The summed E-state index contributed by atoms with van der Waals surface area (Å²) in [4.78, 5) is 35.8. The zero-order valence-corrected chi connectivity index (χ0v) is 19.9. The first-order valence-electron chi connectivity index (χ1n) is 12.2. The summed E-state index contributed by atoms with van der Waals surface area (Å²) in [5, 5.41) is 0. The van der Waals surface area contributed by atoms with Crippen LogP contribution in [0.2, 0.25) is 0 Å². The molecule has 0 aromatic heterocycles. The smallest absolute Gasteiger partial charge is 0.339 e. The van der Waals surface area contributed by atoms with Gasteiger partial charge < -0.3 is 14.2 Å². The van der Waals surface area contributed by atoms with Crippen molar-refractivity contribution < 1.29 is 28.6 Å². The van der Waals surface area contributed by atoms with Crippen molar-refractivity contribution >= 4 is 17.9 Å². The van der Waals surface area contributed by atoms with Crippen LogP contribution in [0, 0.1) is 0 Å². The van der Waals surface area contributed by atoms with Crippen molar-refractivity contribution in [1.82, 2.24) is 0 Å². The Labute approximate surface area is 193 Å². The molecule has 0 radical (unpaired) electrons. The van der Waals surface area contributed by atoms with Crippen LogP contribution >= 0.6 is 0 Å². The number of esters is 3.